The maximum atomic E-state index is 10.5. The van der Waals surface area contributed by atoms with Gasteiger partial charge >= 0.3 is 0 Å². The molecule has 2 unspecified atom stereocenters. The number of aliphatic hydroxyl groups is 1. The highest BCUT2D eigenvalue weighted by atomic mass is 16.3. The molecule has 1 heterocycles. The lowest BCUT2D eigenvalue weighted by Crippen LogP contribution is -2.39. The fraction of sp³-hybridized carbons (Fsp3) is 0.545. The third-order valence-electron chi connectivity index (χ3n) is 3.11. The second-order valence-electron chi connectivity index (χ2n) is 4.32. The van der Waals surface area contributed by atoms with Gasteiger partial charge in [-0.2, -0.15) is 0 Å². The summed E-state index contributed by atoms with van der Waals surface area (Å²) in [6.45, 7) is 0. The first-order valence-electron chi connectivity index (χ1n) is 5.31. The number of rotatable bonds is 1. The second kappa shape index (κ2) is 3.79. The van der Waals surface area contributed by atoms with Crippen LogP contribution < -0.4 is 11.5 Å². The highest BCUT2D eigenvalue weighted by Crippen LogP contribution is 2.38. The van der Waals surface area contributed by atoms with Gasteiger partial charge in [0.15, 0.2) is 0 Å². The molecule has 4 heteroatoms. The Morgan fingerprint density at radius 1 is 1.53 bits per heavy atom. The Kier molecular flexibility index (Phi) is 2.63. The Morgan fingerprint density at radius 3 is 3.00 bits per heavy atom. The van der Waals surface area contributed by atoms with E-state index >= 15 is 0 Å². The number of nitrogens with two attached hydrogens (primary N) is 2. The molecule has 2 atom stereocenters. The zero-order valence-corrected chi connectivity index (χ0v) is 8.69. The largest absolute Gasteiger partial charge is 0.385 e. The van der Waals surface area contributed by atoms with Gasteiger partial charge < -0.3 is 16.6 Å². The van der Waals surface area contributed by atoms with E-state index in [0.29, 0.717) is 12.2 Å². The molecule has 1 fully saturated rings. The van der Waals surface area contributed by atoms with E-state index in [1.807, 2.05) is 6.07 Å². The quantitative estimate of drug-likeness (QED) is 0.634. The van der Waals surface area contributed by atoms with Gasteiger partial charge in [-0.15, -0.1) is 0 Å². The summed E-state index contributed by atoms with van der Waals surface area (Å²) in [7, 11) is 0. The molecule has 0 bridgehead atoms. The van der Waals surface area contributed by atoms with Gasteiger partial charge in [0.25, 0.3) is 0 Å². The van der Waals surface area contributed by atoms with Gasteiger partial charge in [-0.3, -0.25) is 0 Å². The van der Waals surface area contributed by atoms with E-state index in [1.54, 1.807) is 12.3 Å². The average Bonchev–Trinajstić information content (AvgIpc) is 2.17. The first-order chi connectivity index (χ1) is 7.12. The summed E-state index contributed by atoms with van der Waals surface area (Å²) in [5, 5.41) is 10.5. The third-order valence-corrected chi connectivity index (χ3v) is 3.11. The molecule has 0 saturated heterocycles. The molecule has 2 rings (SSSR count). The molecule has 1 aromatic rings. The van der Waals surface area contributed by atoms with E-state index in [-0.39, 0.29) is 6.04 Å². The minimum atomic E-state index is -0.879. The first kappa shape index (κ1) is 10.4. The van der Waals surface area contributed by atoms with Crippen LogP contribution in [0.15, 0.2) is 18.3 Å². The van der Waals surface area contributed by atoms with Crippen molar-refractivity contribution in [1.82, 2.24) is 4.98 Å². The van der Waals surface area contributed by atoms with Crippen LogP contribution in [-0.2, 0) is 5.60 Å². The van der Waals surface area contributed by atoms with E-state index in [2.05, 4.69) is 4.98 Å². The lowest BCUT2D eigenvalue weighted by Gasteiger charge is -2.36. The molecule has 1 aromatic heterocycles. The van der Waals surface area contributed by atoms with Crippen LogP contribution in [0.2, 0.25) is 0 Å². The SMILES string of the molecule is Nc1ncccc1C1(O)CCCC(N)C1. The third kappa shape index (κ3) is 1.96. The Hall–Kier alpha value is -1.13. The molecule has 0 spiro atoms. The van der Waals surface area contributed by atoms with Crippen molar-refractivity contribution in [2.45, 2.75) is 37.3 Å². The summed E-state index contributed by atoms with van der Waals surface area (Å²) < 4.78 is 0. The van der Waals surface area contributed by atoms with Gasteiger partial charge in [0, 0.05) is 17.8 Å². The Morgan fingerprint density at radius 2 is 2.33 bits per heavy atom. The van der Waals surface area contributed by atoms with Gasteiger partial charge in [-0.1, -0.05) is 6.07 Å². The molecule has 0 aromatic carbocycles. The van der Waals surface area contributed by atoms with Crippen LogP contribution in [0.4, 0.5) is 5.82 Å². The number of anilines is 1. The van der Waals surface area contributed by atoms with Crippen molar-refractivity contribution in [3.8, 4) is 0 Å². The van der Waals surface area contributed by atoms with Gasteiger partial charge in [-0.05, 0) is 31.7 Å². The van der Waals surface area contributed by atoms with Crippen LogP contribution in [-0.4, -0.2) is 16.1 Å². The molecule has 15 heavy (non-hydrogen) atoms. The highest BCUT2D eigenvalue weighted by molar-refractivity contribution is 5.43. The summed E-state index contributed by atoms with van der Waals surface area (Å²) >= 11 is 0. The molecule has 82 valence electrons. The van der Waals surface area contributed by atoms with Crippen molar-refractivity contribution in [2.75, 3.05) is 5.73 Å². The van der Waals surface area contributed by atoms with Crippen LogP contribution in [0.5, 0.6) is 0 Å². The summed E-state index contributed by atoms with van der Waals surface area (Å²) in [6.07, 6.45) is 4.83. The van der Waals surface area contributed by atoms with Crippen molar-refractivity contribution >= 4 is 5.82 Å². The molecule has 4 nitrogen and oxygen atoms in total. The smallest absolute Gasteiger partial charge is 0.129 e. The first-order valence-corrected chi connectivity index (χ1v) is 5.31. The zero-order chi connectivity index (χ0) is 10.9. The monoisotopic (exact) mass is 207 g/mol. The summed E-state index contributed by atoms with van der Waals surface area (Å²) in [6, 6.07) is 3.69. The maximum absolute atomic E-state index is 10.5. The average molecular weight is 207 g/mol. The fourth-order valence-electron chi connectivity index (χ4n) is 2.35. The van der Waals surface area contributed by atoms with Crippen molar-refractivity contribution in [3.63, 3.8) is 0 Å². The van der Waals surface area contributed by atoms with Gasteiger partial charge in [0.1, 0.15) is 5.82 Å². The number of aromatic nitrogens is 1. The normalized spacial score (nSPS) is 31.5. The molecule has 5 N–H and O–H groups in total. The standard InChI is InChI=1S/C11H17N3O/c12-8-3-1-5-11(15,7-8)9-4-2-6-14-10(9)13/h2,4,6,8,15H,1,3,5,7,12H2,(H2,13,14). The Bertz CT molecular complexity index is 355. The topological polar surface area (TPSA) is 85.2 Å². The molecule has 0 amide bonds. The van der Waals surface area contributed by atoms with E-state index in [0.717, 1.165) is 24.8 Å². The predicted molar refractivity (Wildman–Crippen MR) is 59.0 cm³/mol. The van der Waals surface area contributed by atoms with Crippen molar-refractivity contribution in [3.05, 3.63) is 23.9 Å². The highest BCUT2D eigenvalue weighted by Gasteiger charge is 2.36. The molecule has 0 radical (unpaired) electrons. The number of pyridine rings is 1. The second-order valence-corrected chi connectivity index (χ2v) is 4.32. The van der Waals surface area contributed by atoms with Crippen LogP contribution in [0.1, 0.15) is 31.2 Å². The van der Waals surface area contributed by atoms with E-state index in [4.69, 9.17) is 11.5 Å². The van der Waals surface area contributed by atoms with E-state index < -0.39 is 5.60 Å². The van der Waals surface area contributed by atoms with Crippen LogP contribution >= 0.6 is 0 Å². The molecule has 1 saturated carbocycles. The summed E-state index contributed by atoms with van der Waals surface area (Å²) in [5.74, 6) is 0.411. The van der Waals surface area contributed by atoms with Crippen LogP contribution in [0.3, 0.4) is 0 Å². The number of hydrogen-bond acceptors (Lipinski definition) is 4. The Labute approximate surface area is 89.3 Å². The molecule has 1 aliphatic carbocycles. The van der Waals surface area contributed by atoms with Crippen LogP contribution in [0, 0.1) is 0 Å². The lowest BCUT2D eigenvalue weighted by atomic mass is 9.78. The molecule has 1 aliphatic rings. The van der Waals surface area contributed by atoms with Gasteiger partial charge in [0.05, 0.1) is 5.60 Å². The minimum absolute atomic E-state index is 0.0587. The minimum Gasteiger partial charge on any atom is -0.385 e. The maximum Gasteiger partial charge on any atom is 0.129 e. The lowest BCUT2D eigenvalue weighted by molar-refractivity contribution is -0.00670. The predicted octanol–water partition coefficient (Wildman–Crippen LogP) is 0.753. The summed E-state index contributed by atoms with van der Waals surface area (Å²) in [5.41, 5.74) is 11.5. The van der Waals surface area contributed by atoms with E-state index in [1.165, 1.54) is 0 Å². The van der Waals surface area contributed by atoms with Crippen molar-refractivity contribution in [2.24, 2.45) is 5.73 Å². The fourth-order valence-corrected chi connectivity index (χ4v) is 2.35. The summed E-state index contributed by atoms with van der Waals surface area (Å²) in [4.78, 5) is 4.00. The van der Waals surface area contributed by atoms with Crippen LogP contribution in [0.25, 0.3) is 0 Å². The van der Waals surface area contributed by atoms with E-state index in [9.17, 15) is 5.11 Å². The molecular formula is C11H17N3O. The van der Waals surface area contributed by atoms with Crippen molar-refractivity contribution in [1.29, 1.82) is 0 Å². The number of hydrogen-bond donors (Lipinski definition) is 3. The molecular weight excluding hydrogens is 190 g/mol. The zero-order valence-electron chi connectivity index (χ0n) is 8.69. The van der Waals surface area contributed by atoms with Gasteiger partial charge in [0.2, 0.25) is 0 Å². The van der Waals surface area contributed by atoms with Crippen molar-refractivity contribution < 1.29 is 5.11 Å². The molecule has 0 aliphatic heterocycles. The van der Waals surface area contributed by atoms with Gasteiger partial charge in [-0.25, -0.2) is 4.98 Å². The Balaban J connectivity index is 2.32. The number of nitrogens with zero attached hydrogens (tertiary/aromatic N) is 1. The number of nitrogen functional groups attached to an aromatic ring is 1.